The topological polar surface area (TPSA) is 119 Å². The minimum atomic E-state index is -3.86. The van der Waals surface area contributed by atoms with Gasteiger partial charge in [-0.2, -0.15) is 0 Å². The van der Waals surface area contributed by atoms with Crippen molar-refractivity contribution in [3.63, 3.8) is 0 Å². The van der Waals surface area contributed by atoms with Crippen LogP contribution in [0.5, 0.6) is 0 Å². The molecule has 30 heavy (non-hydrogen) atoms. The standard InChI is InChI=1S/C21H21N2O6S/c24-11-5-6-12-30(27,28)23-20(25)13-22-21(26)29-14-19-17-9-3-1-7-15(17)16-8-2-4-10-18(16)19/h1-4,7-10,19H,5-6,12-14H2,(H,22,26)(H,23,25). The van der Waals surface area contributed by atoms with Gasteiger partial charge in [-0.1, -0.05) is 48.5 Å². The molecule has 2 aromatic carbocycles. The van der Waals surface area contributed by atoms with Crippen molar-refractivity contribution in [3.05, 3.63) is 59.7 Å². The van der Waals surface area contributed by atoms with Gasteiger partial charge in [-0.05, 0) is 28.7 Å². The summed E-state index contributed by atoms with van der Waals surface area (Å²) >= 11 is 0. The SMILES string of the molecule is O=[C]CCCS(=O)(=O)NC(=O)CNC(=O)OCC1c2ccccc2-c2ccccc21. The van der Waals surface area contributed by atoms with Gasteiger partial charge in [0.2, 0.25) is 10.0 Å². The number of nitrogens with one attached hydrogen (secondary N) is 2. The average molecular weight is 429 g/mol. The lowest BCUT2D eigenvalue weighted by molar-refractivity contribution is -0.118. The van der Waals surface area contributed by atoms with Crippen LogP contribution in [0.4, 0.5) is 4.79 Å². The van der Waals surface area contributed by atoms with Crippen molar-refractivity contribution in [1.29, 1.82) is 0 Å². The molecule has 0 fully saturated rings. The van der Waals surface area contributed by atoms with Crippen molar-refractivity contribution < 1.29 is 27.5 Å². The number of hydrogen-bond donors (Lipinski definition) is 2. The van der Waals surface area contributed by atoms with E-state index >= 15 is 0 Å². The Morgan fingerprint density at radius 1 is 1.00 bits per heavy atom. The quantitative estimate of drug-likeness (QED) is 0.588. The molecule has 0 atom stereocenters. The van der Waals surface area contributed by atoms with Gasteiger partial charge in [0.05, 0.1) is 5.75 Å². The van der Waals surface area contributed by atoms with E-state index in [1.54, 1.807) is 6.29 Å². The first kappa shape index (κ1) is 21.5. The maximum atomic E-state index is 12.0. The molecule has 0 spiro atoms. The number of fused-ring (bicyclic) bond motifs is 3. The normalized spacial score (nSPS) is 12.5. The number of ether oxygens (including phenoxy) is 1. The third-order valence-electron chi connectivity index (χ3n) is 4.70. The van der Waals surface area contributed by atoms with Crippen LogP contribution >= 0.6 is 0 Å². The maximum absolute atomic E-state index is 12.0. The smallest absolute Gasteiger partial charge is 0.407 e. The second-order valence-electron chi connectivity index (χ2n) is 6.77. The van der Waals surface area contributed by atoms with E-state index in [2.05, 4.69) is 5.32 Å². The molecule has 9 heteroatoms. The van der Waals surface area contributed by atoms with E-state index in [9.17, 15) is 22.8 Å². The van der Waals surface area contributed by atoms with Gasteiger partial charge in [-0.3, -0.25) is 14.3 Å². The second-order valence-corrected chi connectivity index (χ2v) is 8.61. The molecule has 2 aromatic rings. The number of unbranched alkanes of at least 4 members (excludes halogenated alkanes) is 1. The van der Waals surface area contributed by atoms with E-state index in [1.807, 2.05) is 53.3 Å². The summed E-state index contributed by atoms with van der Waals surface area (Å²) in [6, 6.07) is 15.8. The monoisotopic (exact) mass is 429 g/mol. The molecule has 0 aromatic heterocycles. The number of amides is 2. The molecule has 2 N–H and O–H groups in total. The van der Waals surface area contributed by atoms with E-state index in [1.165, 1.54) is 0 Å². The fourth-order valence-electron chi connectivity index (χ4n) is 3.40. The van der Waals surface area contributed by atoms with Crippen LogP contribution in [0.2, 0.25) is 0 Å². The highest BCUT2D eigenvalue weighted by atomic mass is 32.2. The molecule has 0 heterocycles. The molecule has 2 amide bonds. The number of carbonyl (C=O) groups is 2. The first-order valence-corrected chi connectivity index (χ1v) is 11.0. The van der Waals surface area contributed by atoms with Gasteiger partial charge in [0.15, 0.2) is 6.29 Å². The Morgan fingerprint density at radius 3 is 2.20 bits per heavy atom. The zero-order chi connectivity index (χ0) is 21.6. The molecule has 3 rings (SSSR count). The molecular weight excluding hydrogens is 408 g/mol. The lowest BCUT2D eigenvalue weighted by Crippen LogP contribution is -2.41. The van der Waals surface area contributed by atoms with Crippen LogP contribution in [0.15, 0.2) is 48.5 Å². The average Bonchev–Trinajstić information content (AvgIpc) is 3.04. The van der Waals surface area contributed by atoms with Gasteiger partial charge in [0.25, 0.3) is 5.91 Å². The van der Waals surface area contributed by atoms with Crippen molar-refractivity contribution in [2.75, 3.05) is 18.9 Å². The highest BCUT2D eigenvalue weighted by molar-refractivity contribution is 7.90. The van der Waals surface area contributed by atoms with Gasteiger partial charge >= 0.3 is 6.09 Å². The van der Waals surface area contributed by atoms with Gasteiger partial charge < -0.3 is 10.1 Å². The lowest BCUT2D eigenvalue weighted by atomic mass is 9.98. The highest BCUT2D eigenvalue weighted by Gasteiger charge is 2.29. The molecule has 0 unspecified atom stereocenters. The summed E-state index contributed by atoms with van der Waals surface area (Å²) < 4.78 is 30.5. The first-order valence-electron chi connectivity index (χ1n) is 9.38. The number of sulfonamides is 1. The molecular formula is C21H21N2O6S. The van der Waals surface area contributed by atoms with Gasteiger partial charge in [0, 0.05) is 12.3 Å². The predicted molar refractivity (Wildman–Crippen MR) is 110 cm³/mol. The second kappa shape index (κ2) is 9.53. The zero-order valence-corrected chi connectivity index (χ0v) is 16.9. The van der Waals surface area contributed by atoms with E-state index in [-0.39, 0.29) is 31.1 Å². The summed E-state index contributed by atoms with van der Waals surface area (Å²) in [5.74, 6) is -1.38. The summed E-state index contributed by atoms with van der Waals surface area (Å²) in [7, 11) is -3.86. The Morgan fingerprint density at radius 2 is 1.60 bits per heavy atom. The van der Waals surface area contributed by atoms with Crippen molar-refractivity contribution in [3.8, 4) is 11.1 Å². The molecule has 1 aliphatic carbocycles. The number of carbonyl (C=O) groups excluding carboxylic acids is 3. The predicted octanol–water partition coefficient (Wildman–Crippen LogP) is 1.86. The molecule has 8 nitrogen and oxygen atoms in total. The molecule has 1 radical (unpaired) electrons. The summed E-state index contributed by atoms with van der Waals surface area (Å²) in [4.78, 5) is 33.9. The van der Waals surface area contributed by atoms with E-state index in [4.69, 9.17) is 4.74 Å². The molecule has 0 aliphatic heterocycles. The fraction of sp³-hybridized carbons (Fsp3) is 0.286. The van der Waals surface area contributed by atoms with Crippen LogP contribution in [-0.2, 0) is 24.3 Å². The van der Waals surface area contributed by atoms with Crippen LogP contribution in [0.25, 0.3) is 11.1 Å². The fourth-order valence-corrected chi connectivity index (χ4v) is 4.44. The largest absolute Gasteiger partial charge is 0.449 e. The minimum absolute atomic E-state index is 0.0346. The Kier molecular flexibility index (Phi) is 6.83. The van der Waals surface area contributed by atoms with Crippen molar-refractivity contribution >= 4 is 28.3 Å². The van der Waals surface area contributed by atoms with E-state index in [0.717, 1.165) is 22.3 Å². The molecule has 0 saturated carbocycles. The Labute approximate surface area is 174 Å². The maximum Gasteiger partial charge on any atom is 0.407 e. The third-order valence-corrected chi connectivity index (χ3v) is 6.06. The van der Waals surface area contributed by atoms with Crippen LogP contribution in [0.1, 0.15) is 29.9 Å². The summed E-state index contributed by atoms with van der Waals surface area (Å²) in [5, 5.41) is 2.24. The van der Waals surface area contributed by atoms with Gasteiger partial charge in [-0.25, -0.2) is 13.2 Å². The number of benzene rings is 2. The minimum Gasteiger partial charge on any atom is -0.449 e. The van der Waals surface area contributed by atoms with Crippen LogP contribution in [0.3, 0.4) is 0 Å². The van der Waals surface area contributed by atoms with Gasteiger partial charge in [0.1, 0.15) is 13.2 Å². The van der Waals surface area contributed by atoms with Crippen LogP contribution in [0, 0.1) is 0 Å². The molecule has 0 bridgehead atoms. The van der Waals surface area contributed by atoms with Crippen molar-refractivity contribution in [2.45, 2.75) is 18.8 Å². The Balaban J connectivity index is 1.51. The molecule has 157 valence electrons. The Bertz CT molecular complexity index is 1010. The Hall–Kier alpha value is -3.20. The van der Waals surface area contributed by atoms with Crippen LogP contribution < -0.4 is 10.0 Å². The molecule has 0 saturated heterocycles. The zero-order valence-electron chi connectivity index (χ0n) is 16.1. The highest BCUT2D eigenvalue weighted by Crippen LogP contribution is 2.44. The van der Waals surface area contributed by atoms with Gasteiger partial charge in [-0.15, -0.1) is 0 Å². The number of alkyl carbamates (subject to hydrolysis) is 1. The summed E-state index contributed by atoms with van der Waals surface area (Å²) in [6.07, 6.45) is 0.790. The van der Waals surface area contributed by atoms with Crippen molar-refractivity contribution in [1.82, 2.24) is 10.0 Å². The van der Waals surface area contributed by atoms with E-state index in [0.29, 0.717) is 0 Å². The summed E-state index contributed by atoms with van der Waals surface area (Å²) in [5.41, 5.74) is 4.31. The molecule has 1 aliphatic rings. The van der Waals surface area contributed by atoms with Crippen molar-refractivity contribution in [2.24, 2.45) is 0 Å². The number of hydrogen-bond acceptors (Lipinski definition) is 6. The van der Waals surface area contributed by atoms with E-state index < -0.39 is 28.6 Å². The van der Waals surface area contributed by atoms with Crippen LogP contribution in [-0.4, -0.2) is 45.6 Å². The summed E-state index contributed by atoms with van der Waals surface area (Å²) in [6.45, 7) is -0.461. The lowest BCUT2D eigenvalue weighted by Gasteiger charge is -2.14. The third kappa shape index (κ3) is 5.24. The first-order chi connectivity index (χ1) is 14.4. The number of rotatable bonds is 9.